The van der Waals surface area contributed by atoms with Crippen molar-refractivity contribution in [2.45, 2.75) is 41.2 Å². The molecular formula is C18H22BrN. The van der Waals surface area contributed by atoms with Crippen LogP contribution in [0.1, 0.15) is 33.4 Å². The van der Waals surface area contributed by atoms with Gasteiger partial charge in [0, 0.05) is 16.7 Å². The molecular weight excluding hydrogens is 310 g/mol. The zero-order chi connectivity index (χ0) is 14.9. The lowest BCUT2D eigenvalue weighted by Crippen LogP contribution is -2.05. The van der Waals surface area contributed by atoms with Gasteiger partial charge in [0.05, 0.1) is 0 Å². The zero-order valence-corrected chi connectivity index (χ0v) is 14.5. The summed E-state index contributed by atoms with van der Waals surface area (Å²) in [5.74, 6) is 0. The second-order valence-electron chi connectivity index (χ2n) is 5.63. The van der Waals surface area contributed by atoms with Gasteiger partial charge < -0.3 is 5.32 Å². The van der Waals surface area contributed by atoms with Gasteiger partial charge in [-0.25, -0.2) is 0 Å². The van der Waals surface area contributed by atoms with Crippen LogP contribution >= 0.6 is 15.9 Å². The summed E-state index contributed by atoms with van der Waals surface area (Å²) in [7, 11) is 0. The van der Waals surface area contributed by atoms with Gasteiger partial charge in [0.1, 0.15) is 0 Å². The standard InChI is InChI=1S/C18H22BrN/c1-11-6-13(3)16(7-12(11)2)10-20-18-14(4)8-17(19)9-15(18)5/h6-9,20H,10H2,1-5H3. The largest absolute Gasteiger partial charge is 0.381 e. The zero-order valence-electron chi connectivity index (χ0n) is 12.9. The van der Waals surface area contributed by atoms with E-state index in [1.807, 2.05) is 0 Å². The summed E-state index contributed by atoms with van der Waals surface area (Å²) >= 11 is 3.54. The lowest BCUT2D eigenvalue weighted by Gasteiger charge is -2.16. The first kappa shape index (κ1) is 15.1. The smallest absolute Gasteiger partial charge is 0.0403 e. The average molecular weight is 332 g/mol. The predicted octanol–water partition coefficient (Wildman–Crippen LogP) is 5.60. The summed E-state index contributed by atoms with van der Waals surface area (Å²) in [4.78, 5) is 0. The lowest BCUT2D eigenvalue weighted by atomic mass is 10.0. The molecule has 0 bridgehead atoms. The molecule has 2 heteroatoms. The summed E-state index contributed by atoms with van der Waals surface area (Å²) in [6, 6.07) is 8.87. The molecule has 0 aliphatic heterocycles. The third-order valence-electron chi connectivity index (χ3n) is 3.91. The van der Waals surface area contributed by atoms with Crippen LogP contribution < -0.4 is 5.32 Å². The molecule has 0 aromatic heterocycles. The van der Waals surface area contributed by atoms with Crippen molar-refractivity contribution < 1.29 is 0 Å². The third-order valence-corrected chi connectivity index (χ3v) is 4.36. The van der Waals surface area contributed by atoms with Crippen LogP contribution in [0.15, 0.2) is 28.7 Å². The highest BCUT2D eigenvalue weighted by atomic mass is 79.9. The van der Waals surface area contributed by atoms with Gasteiger partial charge in [0.15, 0.2) is 0 Å². The van der Waals surface area contributed by atoms with Crippen molar-refractivity contribution in [2.24, 2.45) is 0 Å². The van der Waals surface area contributed by atoms with E-state index < -0.39 is 0 Å². The number of anilines is 1. The van der Waals surface area contributed by atoms with Crippen molar-refractivity contribution in [1.82, 2.24) is 0 Å². The fourth-order valence-electron chi connectivity index (χ4n) is 2.58. The molecule has 0 spiro atoms. The van der Waals surface area contributed by atoms with Gasteiger partial charge in [0.25, 0.3) is 0 Å². The molecule has 20 heavy (non-hydrogen) atoms. The molecule has 0 atom stereocenters. The van der Waals surface area contributed by atoms with E-state index in [0.717, 1.165) is 11.0 Å². The number of aryl methyl sites for hydroxylation is 5. The summed E-state index contributed by atoms with van der Waals surface area (Å²) in [6.07, 6.45) is 0. The number of rotatable bonds is 3. The molecule has 0 amide bonds. The number of halogens is 1. The molecule has 0 heterocycles. The second-order valence-corrected chi connectivity index (χ2v) is 6.55. The van der Waals surface area contributed by atoms with Crippen LogP contribution in [0.4, 0.5) is 5.69 Å². The highest BCUT2D eigenvalue weighted by Crippen LogP contribution is 2.26. The Hall–Kier alpha value is -1.28. The fourth-order valence-corrected chi connectivity index (χ4v) is 3.27. The summed E-state index contributed by atoms with van der Waals surface area (Å²) in [6.45, 7) is 11.7. The van der Waals surface area contributed by atoms with Crippen LogP contribution in [-0.4, -0.2) is 0 Å². The van der Waals surface area contributed by atoms with Crippen molar-refractivity contribution in [3.63, 3.8) is 0 Å². The monoisotopic (exact) mass is 331 g/mol. The van der Waals surface area contributed by atoms with E-state index in [0.29, 0.717) is 0 Å². The normalized spacial score (nSPS) is 10.7. The Bertz CT molecular complexity index is 621. The van der Waals surface area contributed by atoms with Crippen LogP contribution in [0.3, 0.4) is 0 Å². The molecule has 0 fully saturated rings. The van der Waals surface area contributed by atoms with Crippen LogP contribution in [0.5, 0.6) is 0 Å². The van der Waals surface area contributed by atoms with Gasteiger partial charge in [-0.1, -0.05) is 28.1 Å². The summed E-state index contributed by atoms with van der Waals surface area (Å²) in [5.41, 5.74) is 9.24. The first-order valence-corrected chi connectivity index (χ1v) is 7.75. The van der Waals surface area contributed by atoms with E-state index >= 15 is 0 Å². The van der Waals surface area contributed by atoms with E-state index in [9.17, 15) is 0 Å². The Morgan fingerprint density at radius 1 is 0.750 bits per heavy atom. The topological polar surface area (TPSA) is 12.0 Å². The first-order valence-electron chi connectivity index (χ1n) is 6.96. The maximum atomic E-state index is 3.59. The van der Waals surface area contributed by atoms with Crippen molar-refractivity contribution in [2.75, 3.05) is 5.32 Å². The van der Waals surface area contributed by atoms with E-state index in [1.54, 1.807) is 0 Å². The Morgan fingerprint density at radius 3 is 1.90 bits per heavy atom. The molecule has 2 aromatic carbocycles. The molecule has 0 saturated carbocycles. The number of nitrogens with one attached hydrogen (secondary N) is 1. The Balaban J connectivity index is 2.23. The van der Waals surface area contributed by atoms with Crippen molar-refractivity contribution >= 4 is 21.6 Å². The summed E-state index contributed by atoms with van der Waals surface area (Å²) in [5, 5.41) is 3.59. The lowest BCUT2D eigenvalue weighted by molar-refractivity contribution is 1.09. The van der Waals surface area contributed by atoms with Crippen molar-refractivity contribution in [3.8, 4) is 0 Å². The molecule has 0 aliphatic rings. The quantitative estimate of drug-likeness (QED) is 0.771. The maximum absolute atomic E-state index is 3.59. The first-order chi connectivity index (χ1) is 9.38. The van der Waals surface area contributed by atoms with Gasteiger partial charge in [-0.3, -0.25) is 0 Å². The van der Waals surface area contributed by atoms with Gasteiger partial charge in [-0.05, 0) is 80.1 Å². The summed E-state index contributed by atoms with van der Waals surface area (Å²) < 4.78 is 1.14. The molecule has 1 nitrogen and oxygen atoms in total. The molecule has 0 unspecified atom stereocenters. The highest BCUT2D eigenvalue weighted by Gasteiger charge is 2.06. The Labute approximate surface area is 130 Å². The fraction of sp³-hybridized carbons (Fsp3) is 0.333. The SMILES string of the molecule is Cc1cc(C)c(CNc2c(C)cc(Br)cc2C)cc1C. The van der Waals surface area contributed by atoms with E-state index in [-0.39, 0.29) is 0 Å². The van der Waals surface area contributed by atoms with Gasteiger partial charge in [-0.2, -0.15) is 0 Å². The maximum Gasteiger partial charge on any atom is 0.0403 e. The van der Waals surface area contributed by atoms with Crippen LogP contribution in [-0.2, 0) is 6.54 Å². The molecule has 0 aliphatic carbocycles. The number of hydrogen-bond donors (Lipinski definition) is 1. The van der Waals surface area contributed by atoms with Crippen molar-refractivity contribution in [3.05, 3.63) is 62.1 Å². The number of hydrogen-bond acceptors (Lipinski definition) is 1. The molecule has 0 radical (unpaired) electrons. The molecule has 1 N–H and O–H groups in total. The van der Waals surface area contributed by atoms with Gasteiger partial charge in [0.2, 0.25) is 0 Å². The predicted molar refractivity (Wildman–Crippen MR) is 91.6 cm³/mol. The minimum absolute atomic E-state index is 0.871. The van der Waals surface area contributed by atoms with E-state index in [2.05, 4.69) is 80.1 Å². The van der Waals surface area contributed by atoms with E-state index in [4.69, 9.17) is 0 Å². The molecule has 106 valence electrons. The van der Waals surface area contributed by atoms with Crippen LogP contribution in [0.2, 0.25) is 0 Å². The van der Waals surface area contributed by atoms with Crippen LogP contribution in [0, 0.1) is 34.6 Å². The molecule has 2 aromatic rings. The van der Waals surface area contributed by atoms with Gasteiger partial charge in [-0.15, -0.1) is 0 Å². The van der Waals surface area contributed by atoms with Crippen LogP contribution in [0.25, 0.3) is 0 Å². The minimum atomic E-state index is 0.871. The van der Waals surface area contributed by atoms with Crippen molar-refractivity contribution in [1.29, 1.82) is 0 Å². The highest BCUT2D eigenvalue weighted by molar-refractivity contribution is 9.10. The average Bonchev–Trinajstić information content (AvgIpc) is 2.33. The third kappa shape index (κ3) is 3.24. The second kappa shape index (κ2) is 6.01. The molecule has 2 rings (SSSR count). The Kier molecular flexibility index (Phi) is 4.54. The minimum Gasteiger partial charge on any atom is -0.381 e. The van der Waals surface area contributed by atoms with Gasteiger partial charge >= 0.3 is 0 Å². The molecule has 0 saturated heterocycles. The van der Waals surface area contributed by atoms with E-state index in [1.165, 1.54) is 39.1 Å². The number of benzene rings is 2. The Morgan fingerprint density at radius 2 is 1.30 bits per heavy atom.